The van der Waals surface area contributed by atoms with Crippen LogP contribution in [-0.4, -0.2) is 57.5 Å². The molecular formula is C18H24NO7P. The van der Waals surface area contributed by atoms with E-state index in [-0.39, 0.29) is 11.5 Å². The third kappa shape index (κ3) is 2.79. The van der Waals surface area contributed by atoms with E-state index < -0.39 is 7.82 Å². The number of phosphoric acid groups is 1. The molecule has 5 rings (SSSR count). The molecule has 2 aliphatic heterocycles. The van der Waals surface area contributed by atoms with E-state index in [1.807, 2.05) is 12.1 Å². The molecule has 4 N–H and O–H groups in total. The number of aliphatic hydroxyl groups is 1. The van der Waals surface area contributed by atoms with Crippen LogP contribution in [-0.2, 0) is 16.4 Å². The molecular weight excluding hydrogens is 373 g/mol. The number of allylic oxidation sites excluding steroid dienone is 1. The molecule has 9 heteroatoms. The first-order valence-corrected chi connectivity index (χ1v) is 10.5. The Kier molecular flexibility index (Phi) is 4.33. The number of hydrogen-bond donors (Lipinski definition) is 4. The second kappa shape index (κ2) is 6.22. The fraction of sp³-hybridized carbons (Fsp3) is 0.556. The van der Waals surface area contributed by atoms with Crippen LogP contribution in [0.4, 0.5) is 0 Å². The lowest BCUT2D eigenvalue weighted by molar-refractivity contribution is -0.0224. The zero-order chi connectivity index (χ0) is 19.6. The van der Waals surface area contributed by atoms with Gasteiger partial charge in [-0.1, -0.05) is 6.07 Å². The second-order valence-electron chi connectivity index (χ2n) is 7.66. The summed E-state index contributed by atoms with van der Waals surface area (Å²) in [5.41, 5.74) is 2.64. The standard InChI is InChI=1S/C18H21NO3.H3O4P/c1-19-8-7-18-11-4-5-13(20)17(18)22-16-14(21-2)6-3-10(15(16)18)9-12(11)19;1-5(2,3)4/h3,5-6,11-12,17,20H,4,7-9H2,1-2H3;(H3,1,2,3,4). The van der Waals surface area contributed by atoms with Gasteiger partial charge >= 0.3 is 7.82 Å². The number of benzene rings is 1. The van der Waals surface area contributed by atoms with E-state index in [0.29, 0.717) is 17.7 Å². The van der Waals surface area contributed by atoms with Crippen molar-refractivity contribution in [3.63, 3.8) is 0 Å². The Bertz CT molecular complexity index is 842. The van der Waals surface area contributed by atoms with Crippen LogP contribution in [0.5, 0.6) is 11.5 Å². The number of nitrogens with zero attached hydrogens (tertiary/aromatic N) is 1. The van der Waals surface area contributed by atoms with Crippen molar-refractivity contribution >= 4 is 7.82 Å². The first-order valence-electron chi connectivity index (χ1n) is 8.91. The number of likely N-dealkylation sites (N-methyl/N-ethyl adjacent to an activating group) is 1. The van der Waals surface area contributed by atoms with E-state index in [9.17, 15) is 5.11 Å². The lowest BCUT2D eigenvalue weighted by Gasteiger charge is -2.56. The van der Waals surface area contributed by atoms with Crippen LogP contribution >= 0.6 is 7.82 Å². The highest BCUT2D eigenvalue weighted by Gasteiger charge is 2.64. The molecule has 1 aromatic rings. The third-order valence-corrected chi connectivity index (χ3v) is 6.45. The molecule has 1 fully saturated rings. The Morgan fingerprint density at radius 3 is 2.70 bits per heavy atom. The topological polar surface area (TPSA) is 120 Å². The molecule has 8 nitrogen and oxygen atoms in total. The number of aliphatic hydroxyl groups excluding tert-OH is 1. The number of hydrogen-bond acceptors (Lipinski definition) is 5. The summed E-state index contributed by atoms with van der Waals surface area (Å²) in [5.74, 6) is 2.60. The number of ether oxygens (including phenoxy) is 2. The number of likely N-dealkylation sites (tertiary alicyclic amines) is 1. The summed E-state index contributed by atoms with van der Waals surface area (Å²) in [6.07, 6.45) is 4.80. The van der Waals surface area contributed by atoms with E-state index in [2.05, 4.69) is 18.0 Å². The monoisotopic (exact) mass is 397 g/mol. The highest BCUT2D eigenvalue weighted by Crippen LogP contribution is 2.63. The van der Waals surface area contributed by atoms with E-state index in [1.54, 1.807) is 7.11 Å². The minimum Gasteiger partial charge on any atom is -0.509 e. The summed E-state index contributed by atoms with van der Waals surface area (Å²) in [4.78, 5) is 24.1. The van der Waals surface area contributed by atoms with Crippen molar-refractivity contribution in [1.29, 1.82) is 0 Å². The molecule has 148 valence electrons. The van der Waals surface area contributed by atoms with Gasteiger partial charge in [0, 0.05) is 17.0 Å². The van der Waals surface area contributed by atoms with Gasteiger partial charge in [0.25, 0.3) is 0 Å². The molecule has 2 heterocycles. The van der Waals surface area contributed by atoms with Crippen molar-refractivity contribution in [3.05, 3.63) is 35.1 Å². The molecule has 0 aromatic heterocycles. The molecule has 1 spiro atoms. The quantitative estimate of drug-likeness (QED) is 0.526. The van der Waals surface area contributed by atoms with Crippen molar-refractivity contribution in [3.8, 4) is 11.5 Å². The van der Waals surface area contributed by atoms with E-state index in [0.717, 1.165) is 37.3 Å². The normalized spacial score (nSPS) is 33.2. The zero-order valence-electron chi connectivity index (χ0n) is 15.2. The van der Waals surface area contributed by atoms with Crippen LogP contribution < -0.4 is 9.47 Å². The number of rotatable bonds is 1. The van der Waals surface area contributed by atoms with Crippen molar-refractivity contribution in [2.75, 3.05) is 20.7 Å². The lowest BCUT2D eigenvalue weighted by Crippen LogP contribution is -2.63. The van der Waals surface area contributed by atoms with Crippen LogP contribution in [0.2, 0.25) is 0 Å². The summed E-state index contributed by atoms with van der Waals surface area (Å²) in [6, 6.07) is 4.75. The molecule has 27 heavy (non-hydrogen) atoms. The highest BCUT2D eigenvalue weighted by molar-refractivity contribution is 7.45. The first kappa shape index (κ1) is 18.8. The molecule has 4 atom stereocenters. The summed E-state index contributed by atoms with van der Waals surface area (Å²) >= 11 is 0. The molecule has 0 saturated carbocycles. The fourth-order valence-electron chi connectivity index (χ4n) is 5.49. The van der Waals surface area contributed by atoms with Crippen molar-refractivity contribution in [2.45, 2.75) is 36.8 Å². The lowest BCUT2D eigenvalue weighted by atomic mass is 9.53. The van der Waals surface area contributed by atoms with Crippen LogP contribution in [0.1, 0.15) is 24.0 Å². The SMILES string of the molecule is COc1ccc2c3c1OC1C(O)=CCC4C(C2)N(C)CCC314.O=P(O)(O)O. The van der Waals surface area contributed by atoms with Crippen LogP contribution in [0.3, 0.4) is 0 Å². The smallest absolute Gasteiger partial charge is 0.466 e. The maximum absolute atomic E-state index is 10.5. The Labute approximate surface area is 157 Å². The Morgan fingerprint density at radius 2 is 2.04 bits per heavy atom. The maximum atomic E-state index is 10.5. The third-order valence-electron chi connectivity index (χ3n) is 6.45. The average Bonchev–Trinajstić information content (AvgIpc) is 2.93. The van der Waals surface area contributed by atoms with Gasteiger partial charge in [0.15, 0.2) is 17.6 Å². The highest BCUT2D eigenvalue weighted by atomic mass is 31.2. The largest absolute Gasteiger partial charge is 0.509 e. The second-order valence-corrected chi connectivity index (χ2v) is 8.68. The molecule has 2 aliphatic carbocycles. The van der Waals surface area contributed by atoms with Crippen LogP contribution in [0.25, 0.3) is 0 Å². The predicted molar refractivity (Wildman–Crippen MR) is 96.9 cm³/mol. The van der Waals surface area contributed by atoms with Gasteiger partial charge < -0.3 is 34.2 Å². The van der Waals surface area contributed by atoms with Gasteiger partial charge in [0.05, 0.1) is 7.11 Å². The maximum Gasteiger partial charge on any atom is 0.466 e. The Balaban J connectivity index is 0.000000323. The summed E-state index contributed by atoms with van der Waals surface area (Å²) in [6.45, 7) is 1.06. The van der Waals surface area contributed by atoms with Crippen LogP contribution in [0, 0.1) is 5.92 Å². The van der Waals surface area contributed by atoms with Gasteiger partial charge in [-0.05, 0) is 56.5 Å². The molecule has 4 unspecified atom stereocenters. The average molecular weight is 397 g/mol. The molecule has 0 amide bonds. The van der Waals surface area contributed by atoms with Gasteiger partial charge in [-0.3, -0.25) is 0 Å². The zero-order valence-corrected chi connectivity index (χ0v) is 16.1. The summed E-state index contributed by atoms with van der Waals surface area (Å²) < 4.78 is 20.7. The van der Waals surface area contributed by atoms with Crippen molar-refractivity contribution in [1.82, 2.24) is 4.90 Å². The van der Waals surface area contributed by atoms with E-state index >= 15 is 0 Å². The molecule has 4 aliphatic rings. The van der Waals surface area contributed by atoms with E-state index in [1.165, 1.54) is 11.1 Å². The molecule has 1 aromatic carbocycles. The first-order chi connectivity index (χ1) is 12.7. The fourth-order valence-corrected chi connectivity index (χ4v) is 5.49. The minimum atomic E-state index is -4.64. The molecule has 1 saturated heterocycles. The van der Waals surface area contributed by atoms with Crippen molar-refractivity contribution in [2.24, 2.45) is 5.92 Å². The Morgan fingerprint density at radius 1 is 1.33 bits per heavy atom. The van der Waals surface area contributed by atoms with Gasteiger partial charge in [-0.15, -0.1) is 0 Å². The van der Waals surface area contributed by atoms with Gasteiger partial charge in [-0.25, -0.2) is 4.57 Å². The van der Waals surface area contributed by atoms with E-state index in [4.69, 9.17) is 28.7 Å². The summed E-state index contributed by atoms with van der Waals surface area (Å²) in [5, 5.41) is 10.5. The summed E-state index contributed by atoms with van der Waals surface area (Å²) in [7, 11) is -0.718. The Hall–Kier alpha value is -1.57. The van der Waals surface area contributed by atoms with Crippen molar-refractivity contribution < 1.29 is 33.8 Å². The van der Waals surface area contributed by atoms with Gasteiger partial charge in [0.2, 0.25) is 0 Å². The number of methoxy groups -OCH3 is 1. The van der Waals surface area contributed by atoms with Gasteiger partial charge in [-0.2, -0.15) is 0 Å². The van der Waals surface area contributed by atoms with Crippen LogP contribution in [0.15, 0.2) is 24.0 Å². The predicted octanol–water partition coefficient (Wildman–Crippen LogP) is 1.49. The molecule has 2 bridgehead atoms. The molecule has 0 radical (unpaired) electrons. The minimum absolute atomic E-state index is 0.0620. The van der Waals surface area contributed by atoms with Gasteiger partial charge in [0.1, 0.15) is 5.76 Å². The number of piperidine rings is 1.